The zero-order valence-corrected chi connectivity index (χ0v) is 13.9. The highest BCUT2D eigenvalue weighted by Crippen LogP contribution is 2.22. The minimum Gasteiger partial charge on any atom is -0.310 e. The van der Waals surface area contributed by atoms with E-state index in [0.29, 0.717) is 16.0 Å². The van der Waals surface area contributed by atoms with Gasteiger partial charge in [-0.15, -0.1) is 6.58 Å². The van der Waals surface area contributed by atoms with Gasteiger partial charge in [-0.2, -0.15) is 10.1 Å². The molecule has 0 spiro atoms. The zero-order valence-electron chi connectivity index (χ0n) is 13.1. The second-order valence-corrected chi connectivity index (χ2v) is 6.24. The van der Waals surface area contributed by atoms with Gasteiger partial charge in [0.05, 0.1) is 16.4 Å². The van der Waals surface area contributed by atoms with Crippen LogP contribution in [0.1, 0.15) is 16.1 Å². The molecule has 1 aromatic carbocycles. The average molecular weight is 348 g/mol. The van der Waals surface area contributed by atoms with Crippen LogP contribution in [0.3, 0.4) is 0 Å². The maximum atomic E-state index is 14.2. The molecule has 24 heavy (non-hydrogen) atoms. The maximum absolute atomic E-state index is 14.2. The molecule has 2 heterocycles. The molecule has 0 unspecified atom stereocenters. The molecule has 3 rings (SSSR count). The van der Waals surface area contributed by atoms with E-state index in [1.807, 2.05) is 0 Å². The fourth-order valence-electron chi connectivity index (χ4n) is 2.51. The molecule has 0 aliphatic carbocycles. The van der Waals surface area contributed by atoms with Crippen LogP contribution >= 0.6 is 11.3 Å². The van der Waals surface area contributed by atoms with Crippen molar-refractivity contribution in [1.82, 2.24) is 14.3 Å². The van der Waals surface area contributed by atoms with Crippen LogP contribution in [0.5, 0.6) is 0 Å². The molecule has 0 aliphatic rings. The van der Waals surface area contributed by atoms with Gasteiger partial charge in [0.1, 0.15) is 11.5 Å². The molecule has 1 amide bonds. The second-order valence-electron chi connectivity index (χ2n) is 5.24. The van der Waals surface area contributed by atoms with E-state index in [1.54, 1.807) is 26.2 Å². The van der Waals surface area contributed by atoms with Gasteiger partial charge in [-0.3, -0.25) is 9.48 Å². The van der Waals surface area contributed by atoms with Crippen molar-refractivity contribution in [1.29, 1.82) is 0 Å². The third kappa shape index (κ3) is 2.69. The lowest BCUT2D eigenvalue weighted by molar-refractivity contribution is 0.0988. The SMILES string of the molecule is C=CCn1c(=NC(=O)c2c(C)cnn2C)sc2cc(F)cc(F)c21. The highest BCUT2D eigenvalue weighted by molar-refractivity contribution is 7.16. The molecule has 3 aromatic rings. The van der Waals surface area contributed by atoms with E-state index < -0.39 is 17.5 Å². The molecular formula is C16H14F2N4OS. The number of amides is 1. The van der Waals surface area contributed by atoms with Crippen molar-refractivity contribution in [3.63, 3.8) is 0 Å². The first-order valence-electron chi connectivity index (χ1n) is 7.09. The lowest BCUT2D eigenvalue weighted by atomic mass is 10.3. The summed E-state index contributed by atoms with van der Waals surface area (Å²) in [5, 5.41) is 4.01. The monoisotopic (exact) mass is 348 g/mol. The molecule has 0 radical (unpaired) electrons. The van der Waals surface area contributed by atoms with Gasteiger partial charge in [0.15, 0.2) is 10.6 Å². The predicted molar refractivity (Wildman–Crippen MR) is 87.8 cm³/mol. The summed E-state index contributed by atoms with van der Waals surface area (Å²) in [6.07, 6.45) is 3.13. The Labute approximate surface area is 140 Å². The Balaban J connectivity index is 2.25. The molecule has 8 heteroatoms. The molecule has 0 aliphatic heterocycles. The summed E-state index contributed by atoms with van der Waals surface area (Å²) >= 11 is 1.05. The van der Waals surface area contributed by atoms with E-state index in [2.05, 4.69) is 16.7 Å². The van der Waals surface area contributed by atoms with Gasteiger partial charge in [0.2, 0.25) is 0 Å². The largest absolute Gasteiger partial charge is 0.310 e. The van der Waals surface area contributed by atoms with Crippen LogP contribution in [-0.4, -0.2) is 20.3 Å². The number of fused-ring (bicyclic) bond motifs is 1. The summed E-state index contributed by atoms with van der Waals surface area (Å²) in [5.74, 6) is -1.86. The Morgan fingerprint density at radius 3 is 2.83 bits per heavy atom. The first-order valence-corrected chi connectivity index (χ1v) is 7.91. The molecule has 0 saturated carbocycles. The van der Waals surface area contributed by atoms with E-state index in [4.69, 9.17) is 0 Å². The number of nitrogens with zero attached hydrogens (tertiary/aromatic N) is 4. The van der Waals surface area contributed by atoms with Crippen molar-refractivity contribution in [3.8, 4) is 0 Å². The van der Waals surface area contributed by atoms with Gasteiger partial charge in [-0.1, -0.05) is 17.4 Å². The van der Waals surface area contributed by atoms with Crippen molar-refractivity contribution >= 4 is 27.5 Å². The van der Waals surface area contributed by atoms with Gasteiger partial charge in [0, 0.05) is 25.2 Å². The summed E-state index contributed by atoms with van der Waals surface area (Å²) in [6, 6.07) is 2.03. The van der Waals surface area contributed by atoms with Crippen LogP contribution in [0.4, 0.5) is 8.78 Å². The van der Waals surface area contributed by atoms with Crippen molar-refractivity contribution in [2.45, 2.75) is 13.5 Å². The van der Waals surface area contributed by atoms with E-state index >= 15 is 0 Å². The number of carbonyl (C=O) groups excluding carboxylic acids is 1. The van der Waals surface area contributed by atoms with E-state index in [1.165, 1.54) is 15.3 Å². The van der Waals surface area contributed by atoms with Crippen LogP contribution in [0.25, 0.3) is 10.2 Å². The summed E-state index contributed by atoms with van der Waals surface area (Å²) < 4.78 is 30.9. The number of hydrogen-bond donors (Lipinski definition) is 0. The summed E-state index contributed by atoms with van der Waals surface area (Å²) in [5.41, 5.74) is 1.25. The fraction of sp³-hybridized carbons (Fsp3) is 0.188. The number of carbonyl (C=O) groups is 1. The summed E-state index contributed by atoms with van der Waals surface area (Å²) in [6.45, 7) is 5.64. The molecule has 0 atom stereocenters. The third-order valence-electron chi connectivity index (χ3n) is 3.53. The number of hydrogen-bond acceptors (Lipinski definition) is 3. The van der Waals surface area contributed by atoms with Crippen LogP contribution < -0.4 is 4.80 Å². The lowest BCUT2D eigenvalue weighted by Gasteiger charge is -2.02. The topological polar surface area (TPSA) is 52.2 Å². The molecular weight excluding hydrogens is 334 g/mol. The highest BCUT2D eigenvalue weighted by Gasteiger charge is 2.16. The fourth-order valence-corrected chi connectivity index (χ4v) is 3.58. The van der Waals surface area contributed by atoms with E-state index in [0.717, 1.165) is 17.4 Å². The van der Waals surface area contributed by atoms with Crippen molar-refractivity contribution < 1.29 is 13.6 Å². The normalized spacial score (nSPS) is 12.1. The van der Waals surface area contributed by atoms with Gasteiger partial charge >= 0.3 is 0 Å². The van der Waals surface area contributed by atoms with Crippen LogP contribution in [-0.2, 0) is 13.6 Å². The van der Waals surface area contributed by atoms with Gasteiger partial charge in [-0.05, 0) is 13.0 Å². The standard InChI is InChI=1S/C16H14F2N4OS/c1-4-5-22-14-11(18)6-10(17)7-12(14)24-16(22)20-15(23)13-9(2)8-19-21(13)3/h4,6-8H,1,5H2,2-3H3. The van der Waals surface area contributed by atoms with Crippen molar-refractivity contribution in [3.05, 3.63) is 58.7 Å². The van der Waals surface area contributed by atoms with E-state index in [9.17, 15) is 13.6 Å². The number of benzene rings is 1. The third-order valence-corrected chi connectivity index (χ3v) is 4.55. The molecule has 5 nitrogen and oxygen atoms in total. The quantitative estimate of drug-likeness (QED) is 0.684. The minimum absolute atomic E-state index is 0.203. The van der Waals surface area contributed by atoms with Crippen LogP contribution in [0.15, 0.2) is 36.0 Å². The highest BCUT2D eigenvalue weighted by atomic mass is 32.1. The number of allylic oxidation sites excluding steroid dienone is 1. The van der Waals surface area contributed by atoms with Gasteiger partial charge < -0.3 is 4.57 Å². The Kier molecular flexibility index (Phi) is 4.15. The van der Waals surface area contributed by atoms with Crippen molar-refractivity contribution in [2.75, 3.05) is 0 Å². The first-order chi connectivity index (χ1) is 11.4. The lowest BCUT2D eigenvalue weighted by Crippen LogP contribution is -2.18. The van der Waals surface area contributed by atoms with Crippen molar-refractivity contribution in [2.24, 2.45) is 12.0 Å². The van der Waals surface area contributed by atoms with Gasteiger partial charge in [-0.25, -0.2) is 8.78 Å². The number of thiazole rings is 1. The number of aromatic nitrogens is 3. The Morgan fingerprint density at radius 1 is 1.46 bits per heavy atom. The number of aryl methyl sites for hydroxylation is 2. The molecule has 0 saturated heterocycles. The average Bonchev–Trinajstić information content (AvgIpc) is 3.00. The smallest absolute Gasteiger partial charge is 0.298 e. The van der Waals surface area contributed by atoms with Crippen LogP contribution in [0, 0.1) is 18.6 Å². The molecule has 0 fully saturated rings. The van der Waals surface area contributed by atoms with E-state index in [-0.39, 0.29) is 16.9 Å². The molecule has 124 valence electrons. The first kappa shape index (κ1) is 16.3. The molecule has 0 N–H and O–H groups in total. The zero-order chi connectivity index (χ0) is 17.4. The Bertz CT molecular complexity index is 1010. The summed E-state index contributed by atoms with van der Waals surface area (Å²) in [7, 11) is 1.65. The predicted octanol–water partition coefficient (Wildman–Crippen LogP) is 2.95. The van der Waals surface area contributed by atoms with Crippen LogP contribution in [0.2, 0.25) is 0 Å². The maximum Gasteiger partial charge on any atom is 0.298 e. The van der Waals surface area contributed by atoms with Gasteiger partial charge in [0.25, 0.3) is 5.91 Å². The Morgan fingerprint density at radius 2 is 2.21 bits per heavy atom. The summed E-state index contributed by atoms with van der Waals surface area (Å²) in [4.78, 5) is 16.8. The second kappa shape index (κ2) is 6.12. The number of halogens is 2. The molecule has 0 bridgehead atoms. The number of rotatable bonds is 3. The Hall–Kier alpha value is -2.61. The minimum atomic E-state index is -0.700. The molecule has 2 aromatic heterocycles.